The van der Waals surface area contributed by atoms with Gasteiger partial charge in [-0.25, -0.2) is 0 Å². The molecular formula is C42H35N3. The molecule has 5 aromatic rings. The number of anilines is 2. The van der Waals surface area contributed by atoms with E-state index in [1.54, 1.807) is 22.4 Å². The summed E-state index contributed by atoms with van der Waals surface area (Å²) >= 11 is 0. The summed E-state index contributed by atoms with van der Waals surface area (Å²) in [4.78, 5) is 2.66. The molecule has 0 saturated heterocycles. The monoisotopic (exact) mass is 581 g/mol. The Labute approximate surface area is 264 Å². The predicted octanol–water partition coefficient (Wildman–Crippen LogP) is 9.85. The summed E-state index contributed by atoms with van der Waals surface area (Å²) in [6.07, 6.45) is 26.7. The highest BCUT2D eigenvalue weighted by Crippen LogP contribution is 2.59. The second-order valence-electron chi connectivity index (χ2n) is 13.7. The lowest BCUT2D eigenvalue weighted by atomic mass is 9.82. The van der Waals surface area contributed by atoms with Gasteiger partial charge in [-0.15, -0.1) is 0 Å². The van der Waals surface area contributed by atoms with E-state index in [1.807, 2.05) is 0 Å². The molecule has 4 atom stereocenters. The van der Waals surface area contributed by atoms with Crippen LogP contribution in [0.4, 0.5) is 11.4 Å². The summed E-state index contributed by atoms with van der Waals surface area (Å²) < 4.78 is 5.61. The molecule has 45 heavy (non-hydrogen) atoms. The molecule has 4 unspecified atom stereocenters. The second-order valence-corrected chi connectivity index (χ2v) is 13.7. The van der Waals surface area contributed by atoms with Crippen LogP contribution in [0.25, 0.3) is 34.2 Å². The maximum absolute atomic E-state index is 2.83. The number of nitrogens with zero attached hydrogens (tertiary/aromatic N) is 3. The number of fused-ring (bicyclic) bond motifs is 9. The Morgan fingerprint density at radius 3 is 2.31 bits per heavy atom. The molecule has 218 valence electrons. The molecule has 0 fully saturated rings. The summed E-state index contributed by atoms with van der Waals surface area (Å²) in [6, 6.07) is 25.8. The Morgan fingerprint density at radius 2 is 1.44 bits per heavy atom. The van der Waals surface area contributed by atoms with Crippen molar-refractivity contribution in [2.45, 2.75) is 62.6 Å². The topological polar surface area (TPSA) is 13.1 Å². The van der Waals surface area contributed by atoms with E-state index in [0.29, 0.717) is 0 Å². The molecule has 0 N–H and O–H groups in total. The van der Waals surface area contributed by atoms with Gasteiger partial charge in [0.15, 0.2) is 0 Å². The largest absolute Gasteiger partial charge is 0.335 e. The van der Waals surface area contributed by atoms with Gasteiger partial charge in [0.1, 0.15) is 0 Å². The van der Waals surface area contributed by atoms with Crippen molar-refractivity contribution in [3.8, 4) is 11.1 Å². The minimum atomic E-state index is 0.236. The first-order valence-corrected chi connectivity index (χ1v) is 17.0. The molecule has 3 heteroatoms. The maximum Gasteiger partial charge on any atom is 0.0766 e. The van der Waals surface area contributed by atoms with Crippen LogP contribution in [0.3, 0.4) is 0 Å². The number of aryl methyl sites for hydroxylation is 1. The van der Waals surface area contributed by atoms with Gasteiger partial charge < -0.3 is 14.0 Å². The van der Waals surface area contributed by atoms with Gasteiger partial charge in [0.05, 0.1) is 29.6 Å². The van der Waals surface area contributed by atoms with E-state index in [9.17, 15) is 0 Å². The molecule has 11 rings (SSSR count). The zero-order valence-corrected chi connectivity index (χ0v) is 25.4. The lowest BCUT2D eigenvalue weighted by molar-refractivity contribution is 0.413. The van der Waals surface area contributed by atoms with Crippen molar-refractivity contribution >= 4 is 34.4 Å². The number of benzene rings is 3. The molecular weight excluding hydrogens is 546 g/mol. The summed E-state index contributed by atoms with van der Waals surface area (Å²) in [5, 5.41) is 1.51. The average molecular weight is 582 g/mol. The lowest BCUT2D eigenvalue weighted by Crippen LogP contribution is -2.34. The summed E-state index contributed by atoms with van der Waals surface area (Å²) in [6.45, 7) is 0. The smallest absolute Gasteiger partial charge is 0.0766 e. The fraction of sp³-hybridized carbons (Fsp3) is 0.238. The molecule has 4 heterocycles. The van der Waals surface area contributed by atoms with Crippen molar-refractivity contribution in [3.05, 3.63) is 143 Å². The third kappa shape index (κ3) is 3.11. The minimum absolute atomic E-state index is 0.236. The number of hydrogen-bond donors (Lipinski definition) is 0. The van der Waals surface area contributed by atoms with Gasteiger partial charge in [-0.1, -0.05) is 91.1 Å². The standard InChI is InChI=1S/C42H35N3/c1-2-10-26(11-3-1)27-18-20-28(21-19-27)43-37-24-22-31-29-12-4-6-14-33(29)44-35-16-8-9-17-36(35)45-34-15-7-5-13-30(34)32-23-25-38(43)40(42(32)45)39(37)41(31)44/h1-3,6,8-11,14,16-25,35-37,39H,4-5,7,12-13,15H2. The molecule has 2 aromatic heterocycles. The fourth-order valence-electron chi connectivity index (χ4n) is 9.90. The fourth-order valence-corrected chi connectivity index (χ4v) is 9.90. The minimum Gasteiger partial charge on any atom is -0.335 e. The van der Waals surface area contributed by atoms with E-state index in [-0.39, 0.29) is 24.0 Å². The molecule has 4 aliphatic carbocycles. The summed E-state index contributed by atoms with van der Waals surface area (Å²) in [7, 11) is 0. The van der Waals surface area contributed by atoms with Gasteiger partial charge in [0.25, 0.3) is 0 Å². The molecule has 6 aliphatic rings. The number of aromatic nitrogens is 2. The van der Waals surface area contributed by atoms with Crippen molar-refractivity contribution in [2.75, 3.05) is 4.90 Å². The van der Waals surface area contributed by atoms with Gasteiger partial charge in [-0.05, 0) is 90.6 Å². The average Bonchev–Trinajstić information content (AvgIpc) is 3.73. The van der Waals surface area contributed by atoms with Crippen LogP contribution >= 0.6 is 0 Å². The summed E-state index contributed by atoms with van der Waals surface area (Å²) in [5.74, 6) is 0.284. The van der Waals surface area contributed by atoms with Gasteiger partial charge >= 0.3 is 0 Å². The van der Waals surface area contributed by atoms with Gasteiger partial charge in [-0.3, -0.25) is 0 Å². The Morgan fingerprint density at radius 1 is 0.644 bits per heavy atom. The Hall–Kier alpha value is -4.76. The Balaban J connectivity index is 1.22. The van der Waals surface area contributed by atoms with E-state index in [4.69, 9.17) is 0 Å². The van der Waals surface area contributed by atoms with Gasteiger partial charge in [0, 0.05) is 39.4 Å². The number of allylic oxidation sites excluding steroid dienone is 5. The first-order chi connectivity index (χ1) is 22.4. The number of rotatable bonds is 2. The zero-order valence-electron chi connectivity index (χ0n) is 25.4. The molecule has 0 radical (unpaired) electrons. The normalized spacial score (nSPS) is 24.4. The van der Waals surface area contributed by atoms with Crippen molar-refractivity contribution in [1.82, 2.24) is 9.13 Å². The quantitative estimate of drug-likeness (QED) is 0.202. The van der Waals surface area contributed by atoms with Crippen LogP contribution in [0.15, 0.2) is 103 Å². The molecule has 2 aliphatic heterocycles. The van der Waals surface area contributed by atoms with E-state index < -0.39 is 0 Å². The number of hydrogen-bond acceptors (Lipinski definition) is 1. The van der Waals surface area contributed by atoms with Crippen molar-refractivity contribution in [3.63, 3.8) is 0 Å². The van der Waals surface area contributed by atoms with Gasteiger partial charge in [-0.2, -0.15) is 0 Å². The highest BCUT2D eigenvalue weighted by molar-refractivity contribution is 5.98. The third-order valence-corrected chi connectivity index (χ3v) is 11.6. The molecule has 0 bridgehead atoms. The van der Waals surface area contributed by atoms with E-state index in [0.717, 1.165) is 12.8 Å². The van der Waals surface area contributed by atoms with Crippen LogP contribution in [-0.4, -0.2) is 15.2 Å². The summed E-state index contributed by atoms with van der Waals surface area (Å²) in [5.41, 5.74) is 17.5. The van der Waals surface area contributed by atoms with Crippen LogP contribution in [0.2, 0.25) is 0 Å². The first-order valence-electron chi connectivity index (χ1n) is 17.0. The van der Waals surface area contributed by atoms with E-state index in [1.165, 1.54) is 76.0 Å². The molecule has 0 spiro atoms. The first kappa shape index (κ1) is 24.5. The van der Waals surface area contributed by atoms with Gasteiger partial charge in [0.2, 0.25) is 0 Å². The zero-order chi connectivity index (χ0) is 29.2. The van der Waals surface area contributed by atoms with Crippen LogP contribution in [0, 0.1) is 0 Å². The SMILES string of the molecule is C1=CC2C(C=C1)n1c3c(c4ccc5c(c41)C1c4c(c6c(n42)C=CCC6)C=CC1N5c1ccc(-c2ccccc2)cc1)CCCC3. The van der Waals surface area contributed by atoms with Crippen LogP contribution in [-0.2, 0) is 19.3 Å². The predicted molar refractivity (Wildman–Crippen MR) is 185 cm³/mol. The molecule has 0 saturated carbocycles. The van der Waals surface area contributed by atoms with Crippen molar-refractivity contribution in [2.24, 2.45) is 0 Å². The molecule has 0 amide bonds. The highest BCUT2D eigenvalue weighted by Gasteiger charge is 2.49. The second kappa shape index (κ2) is 8.91. The van der Waals surface area contributed by atoms with Crippen molar-refractivity contribution < 1.29 is 0 Å². The van der Waals surface area contributed by atoms with E-state index >= 15 is 0 Å². The van der Waals surface area contributed by atoms with Crippen molar-refractivity contribution in [1.29, 1.82) is 0 Å². The Bertz CT molecular complexity index is 2180. The molecule has 3 nitrogen and oxygen atoms in total. The van der Waals surface area contributed by atoms with Crippen LogP contribution in [0.5, 0.6) is 0 Å². The highest BCUT2D eigenvalue weighted by atomic mass is 15.2. The van der Waals surface area contributed by atoms with Crippen LogP contribution in [0.1, 0.15) is 76.6 Å². The molecule has 3 aromatic carbocycles. The maximum atomic E-state index is 2.83. The van der Waals surface area contributed by atoms with Crippen LogP contribution < -0.4 is 4.90 Å². The Kier molecular flexibility index (Phi) is 4.86. The van der Waals surface area contributed by atoms with E-state index in [2.05, 4.69) is 129 Å². The third-order valence-electron chi connectivity index (χ3n) is 11.6. The lowest BCUT2D eigenvalue weighted by Gasteiger charge is -2.38.